The van der Waals surface area contributed by atoms with Crippen LogP contribution < -0.4 is 10.1 Å². The zero-order chi connectivity index (χ0) is 13.0. The molecular weight excluding hydrogens is 226 g/mol. The minimum atomic E-state index is 0.566. The van der Waals surface area contributed by atoms with Crippen molar-refractivity contribution < 1.29 is 4.74 Å². The Kier molecular flexibility index (Phi) is 3.99. The van der Waals surface area contributed by atoms with Crippen molar-refractivity contribution in [1.82, 2.24) is 15.1 Å². The number of benzene rings is 1. The first-order valence-electron chi connectivity index (χ1n) is 6.06. The molecule has 2 aromatic rings. The molecule has 96 valence electrons. The SMILES string of the molecule is CNCc1c(C)nn(C)c1OCc1ccccc1. The lowest BCUT2D eigenvalue weighted by Crippen LogP contribution is -2.08. The van der Waals surface area contributed by atoms with Crippen molar-refractivity contribution in [3.63, 3.8) is 0 Å². The van der Waals surface area contributed by atoms with Gasteiger partial charge in [0.25, 0.3) is 0 Å². The molecule has 1 aromatic carbocycles. The number of nitrogens with one attached hydrogen (secondary N) is 1. The van der Waals surface area contributed by atoms with E-state index < -0.39 is 0 Å². The van der Waals surface area contributed by atoms with Crippen LogP contribution in [0.5, 0.6) is 5.88 Å². The molecule has 0 fully saturated rings. The van der Waals surface area contributed by atoms with E-state index in [1.807, 2.05) is 39.2 Å². The molecule has 4 nitrogen and oxygen atoms in total. The second-order valence-corrected chi connectivity index (χ2v) is 4.30. The topological polar surface area (TPSA) is 39.1 Å². The number of hydrogen-bond acceptors (Lipinski definition) is 3. The van der Waals surface area contributed by atoms with Crippen LogP contribution in [0.3, 0.4) is 0 Å². The molecule has 0 aliphatic heterocycles. The van der Waals surface area contributed by atoms with Crippen LogP contribution in [0.25, 0.3) is 0 Å². The van der Waals surface area contributed by atoms with Gasteiger partial charge < -0.3 is 10.1 Å². The number of hydrogen-bond donors (Lipinski definition) is 1. The van der Waals surface area contributed by atoms with Crippen molar-refractivity contribution in [3.05, 3.63) is 47.2 Å². The van der Waals surface area contributed by atoms with Crippen LogP contribution in [0, 0.1) is 6.92 Å². The van der Waals surface area contributed by atoms with Gasteiger partial charge in [0, 0.05) is 13.6 Å². The molecule has 1 N–H and O–H groups in total. The molecule has 0 atom stereocenters. The third-order valence-corrected chi connectivity index (χ3v) is 2.86. The average Bonchev–Trinajstić information content (AvgIpc) is 2.64. The predicted molar refractivity (Wildman–Crippen MR) is 71.5 cm³/mol. The zero-order valence-corrected chi connectivity index (χ0v) is 11.1. The smallest absolute Gasteiger partial charge is 0.216 e. The van der Waals surface area contributed by atoms with Gasteiger partial charge in [-0.2, -0.15) is 5.10 Å². The molecule has 1 heterocycles. The number of nitrogens with zero attached hydrogens (tertiary/aromatic N) is 2. The van der Waals surface area contributed by atoms with Gasteiger partial charge in [-0.15, -0.1) is 0 Å². The van der Waals surface area contributed by atoms with Gasteiger partial charge in [-0.3, -0.25) is 0 Å². The summed E-state index contributed by atoms with van der Waals surface area (Å²) in [4.78, 5) is 0. The fourth-order valence-electron chi connectivity index (χ4n) is 1.97. The Balaban J connectivity index is 2.13. The molecule has 0 aliphatic rings. The van der Waals surface area contributed by atoms with E-state index in [0.717, 1.165) is 29.2 Å². The summed E-state index contributed by atoms with van der Waals surface area (Å²) in [5, 5.41) is 7.54. The highest BCUT2D eigenvalue weighted by Crippen LogP contribution is 2.22. The van der Waals surface area contributed by atoms with Crippen LogP contribution in [0.4, 0.5) is 0 Å². The first-order valence-corrected chi connectivity index (χ1v) is 6.06. The maximum atomic E-state index is 5.89. The van der Waals surface area contributed by atoms with E-state index in [2.05, 4.69) is 22.5 Å². The van der Waals surface area contributed by atoms with E-state index in [1.54, 1.807) is 4.68 Å². The van der Waals surface area contributed by atoms with Crippen LogP contribution in [-0.4, -0.2) is 16.8 Å². The highest BCUT2D eigenvalue weighted by Gasteiger charge is 2.13. The van der Waals surface area contributed by atoms with Gasteiger partial charge in [-0.1, -0.05) is 30.3 Å². The largest absolute Gasteiger partial charge is 0.473 e. The van der Waals surface area contributed by atoms with Gasteiger partial charge >= 0.3 is 0 Å². The summed E-state index contributed by atoms with van der Waals surface area (Å²) < 4.78 is 7.68. The molecule has 0 unspecified atom stereocenters. The minimum Gasteiger partial charge on any atom is -0.473 e. The summed E-state index contributed by atoms with van der Waals surface area (Å²) >= 11 is 0. The van der Waals surface area contributed by atoms with E-state index in [1.165, 1.54) is 0 Å². The monoisotopic (exact) mass is 245 g/mol. The Labute approximate surface area is 108 Å². The van der Waals surface area contributed by atoms with E-state index in [0.29, 0.717) is 6.61 Å². The molecule has 4 heteroatoms. The van der Waals surface area contributed by atoms with Crippen LogP contribution in [-0.2, 0) is 20.2 Å². The Morgan fingerprint density at radius 1 is 1.28 bits per heavy atom. The molecule has 0 spiro atoms. The molecule has 0 saturated carbocycles. The Morgan fingerprint density at radius 2 is 2.00 bits per heavy atom. The second kappa shape index (κ2) is 5.69. The second-order valence-electron chi connectivity index (χ2n) is 4.30. The number of ether oxygens (including phenoxy) is 1. The van der Waals surface area contributed by atoms with Crippen molar-refractivity contribution in [2.24, 2.45) is 7.05 Å². The van der Waals surface area contributed by atoms with Crippen LogP contribution in [0.1, 0.15) is 16.8 Å². The van der Waals surface area contributed by atoms with Gasteiger partial charge in [0.2, 0.25) is 5.88 Å². The fraction of sp³-hybridized carbons (Fsp3) is 0.357. The molecular formula is C14H19N3O. The quantitative estimate of drug-likeness (QED) is 0.876. The van der Waals surface area contributed by atoms with Gasteiger partial charge in [0.05, 0.1) is 11.3 Å². The first kappa shape index (κ1) is 12.6. The normalized spacial score (nSPS) is 10.6. The predicted octanol–water partition coefficient (Wildman–Crippen LogP) is 2.03. The third kappa shape index (κ3) is 2.71. The lowest BCUT2D eigenvalue weighted by Gasteiger charge is -2.09. The molecule has 0 aliphatic carbocycles. The summed E-state index contributed by atoms with van der Waals surface area (Å²) in [6.07, 6.45) is 0. The first-order chi connectivity index (χ1) is 8.72. The zero-order valence-electron chi connectivity index (χ0n) is 11.1. The molecule has 0 bridgehead atoms. The maximum absolute atomic E-state index is 5.89. The van der Waals surface area contributed by atoms with Crippen molar-refractivity contribution in [2.75, 3.05) is 7.05 Å². The Hall–Kier alpha value is -1.81. The standard InChI is InChI=1S/C14H19N3O/c1-11-13(9-15-2)14(17(3)16-11)18-10-12-7-5-4-6-8-12/h4-8,15H,9-10H2,1-3H3. The van der Waals surface area contributed by atoms with Crippen molar-refractivity contribution >= 4 is 0 Å². The Bertz CT molecular complexity index is 505. The molecule has 18 heavy (non-hydrogen) atoms. The van der Waals surface area contributed by atoms with Crippen molar-refractivity contribution in [2.45, 2.75) is 20.1 Å². The van der Waals surface area contributed by atoms with Gasteiger partial charge in [0.1, 0.15) is 6.61 Å². The van der Waals surface area contributed by atoms with Crippen LogP contribution in [0.2, 0.25) is 0 Å². The van der Waals surface area contributed by atoms with Crippen LogP contribution >= 0.6 is 0 Å². The molecule has 0 amide bonds. The maximum Gasteiger partial charge on any atom is 0.216 e. The molecule has 1 aromatic heterocycles. The average molecular weight is 245 g/mol. The Morgan fingerprint density at radius 3 is 2.67 bits per heavy atom. The summed E-state index contributed by atoms with van der Waals surface area (Å²) in [5.41, 5.74) is 3.29. The van der Waals surface area contributed by atoms with Gasteiger partial charge in [0.15, 0.2) is 0 Å². The van der Waals surface area contributed by atoms with Crippen molar-refractivity contribution in [1.29, 1.82) is 0 Å². The number of rotatable bonds is 5. The van der Waals surface area contributed by atoms with E-state index in [4.69, 9.17) is 4.74 Å². The molecule has 0 radical (unpaired) electrons. The molecule has 0 saturated heterocycles. The lowest BCUT2D eigenvalue weighted by molar-refractivity contribution is 0.275. The highest BCUT2D eigenvalue weighted by molar-refractivity contribution is 5.31. The fourth-order valence-corrected chi connectivity index (χ4v) is 1.97. The molecule has 2 rings (SSSR count). The van der Waals surface area contributed by atoms with Crippen LogP contribution in [0.15, 0.2) is 30.3 Å². The number of aromatic nitrogens is 2. The highest BCUT2D eigenvalue weighted by atomic mass is 16.5. The van der Waals surface area contributed by atoms with E-state index in [9.17, 15) is 0 Å². The number of aryl methyl sites for hydroxylation is 2. The summed E-state index contributed by atoms with van der Waals surface area (Å²) in [5.74, 6) is 0.839. The summed E-state index contributed by atoms with van der Waals surface area (Å²) in [7, 11) is 3.83. The van der Waals surface area contributed by atoms with Crippen molar-refractivity contribution in [3.8, 4) is 5.88 Å². The van der Waals surface area contributed by atoms with E-state index in [-0.39, 0.29) is 0 Å². The summed E-state index contributed by atoms with van der Waals surface area (Å²) in [6.45, 7) is 3.34. The minimum absolute atomic E-state index is 0.566. The van der Waals surface area contributed by atoms with E-state index >= 15 is 0 Å². The summed E-state index contributed by atoms with van der Waals surface area (Å²) in [6, 6.07) is 10.1. The van der Waals surface area contributed by atoms with Gasteiger partial charge in [-0.25, -0.2) is 4.68 Å². The third-order valence-electron chi connectivity index (χ3n) is 2.86. The van der Waals surface area contributed by atoms with Gasteiger partial charge in [-0.05, 0) is 19.5 Å². The lowest BCUT2D eigenvalue weighted by atomic mass is 10.2.